The summed E-state index contributed by atoms with van der Waals surface area (Å²) in [5, 5.41) is 5.67. The summed E-state index contributed by atoms with van der Waals surface area (Å²) in [4.78, 5) is 39.2. The number of hydrogen-bond donors (Lipinski definition) is 2. The van der Waals surface area contributed by atoms with E-state index in [-0.39, 0.29) is 24.1 Å². The highest BCUT2D eigenvalue weighted by molar-refractivity contribution is 6.05. The average molecular weight is 444 g/mol. The van der Waals surface area contributed by atoms with Gasteiger partial charge in [-0.1, -0.05) is 30.3 Å². The largest absolute Gasteiger partial charge is 0.497 e. The van der Waals surface area contributed by atoms with Gasteiger partial charge < -0.3 is 20.3 Å². The van der Waals surface area contributed by atoms with Gasteiger partial charge in [0, 0.05) is 36.4 Å². The molecular formula is C26H25N3O4. The fourth-order valence-corrected chi connectivity index (χ4v) is 3.73. The van der Waals surface area contributed by atoms with Gasteiger partial charge in [0.1, 0.15) is 5.75 Å². The van der Waals surface area contributed by atoms with Crippen LogP contribution in [0.2, 0.25) is 0 Å². The molecule has 1 unspecified atom stereocenters. The summed E-state index contributed by atoms with van der Waals surface area (Å²) in [6, 6.07) is 23.4. The number of nitrogens with one attached hydrogen (secondary N) is 2. The van der Waals surface area contributed by atoms with E-state index in [2.05, 4.69) is 10.6 Å². The van der Waals surface area contributed by atoms with Crippen LogP contribution in [-0.4, -0.2) is 36.3 Å². The third kappa shape index (κ3) is 5.57. The molecule has 168 valence electrons. The number of methoxy groups -OCH3 is 1. The van der Waals surface area contributed by atoms with Crippen LogP contribution in [0, 0.1) is 5.92 Å². The average Bonchev–Trinajstić information content (AvgIpc) is 3.21. The van der Waals surface area contributed by atoms with Crippen molar-refractivity contribution in [1.82, 2.24) is 4.90 Å². The van der Waals surface area contributed by atoms with Crippen LogP contribution in [0.4, 0.5) is 11.4 Å². The number of amides is 3. The smallest absolute Gasteiger partial charge is 0.255 e. The number of nitrogens with zero attached hydrogens (tertiary/aromatic N) is 1. The molecule has 0 aliphatic carbocycles. The van der Waals surface area contributed by atoms with Crippen molar-refractivity contribution < 1.29 is 19.1 Å². The molecular weight excluding hydrogens is 418 g/mol. The Bertz CT molecular complexity index is 1130. The van der Waals surface area contributed by atoms with Gasteiger partial charge in [0.15, 0.2) is 0 Å². The second-order valence-corrected chi connectivity index (χ2v) is 7.91. The lowest BCUT2D eigenvalue weighted by Crippen LogP contribution is -2.28. The molecule has 1 aliphatic heterocycles. The predicted octanol–water partition coefficient (Wildman–Crippen LogP) is 3.93. The maximum Gasteiger partial charge on any atom is 0.255 e. The number of benzene rings is 3. The second kappa shape index (κ2) is 9.99. The molecule has 2 N–H and O–H groups in total. The van der Waals surface area contributed by atoms with Crippen LogP contribution >= 0.6 is 0 Å². The molecule has 1 atom stereocenters. The van der Waals surface area contributed by atoms with Gasteiger partial charge in [0.2, 0.25) is 11.8 Å². The van der Waals surface area contributed by atoms with Crippen LogP contribution in [0.1, 0.15) is 22.3 Å². The van der Waals surface area contributed by atoms with Crippen LogP contribution in [0.25, 0.3) is 0 Å². The summed E-state index contributed by atoms with van der Waals surface area (Å²) in [5.41, 5.74) is 2.74. The molecule has 0 radical (unpaired) electrons. The van der Waals surface area contributed by atoms with E-state index < -0.39 is 5.92 Å². The SMILES string of the molecule is COc1ccc(NC(=O)c2ccc(NC(=O)C3CC(=O)N(Cc4ccccc4)C3)cc2)cc1. The highest BCUT2D eigenvalue weighted by atomic mass is 16.5. The first kappa shape index (κ1) is 22.1. The Kier molecular flexibility index (Phi) is 6.69. The fraction of sp³-hybridized carbons (Fsp3) is 0.192. The van der Waals surface area contributed by atoms with Crippen LogP contribution in [0.15, 0.2) is 78.9 Å². The minimum absolute atomic E-state index is 0.0236. The van der Waals surface area contributed by atoms with Crippen molar-refractivity contribution in [1.29, 1.82) is 0 Å². The number of rotatable bonds is 7. The molecule has 1 fully saturated rings. The highest BCUT2D eigenvalue weighted by Crippen LogP contribution is 2.22. The molecule has 3 amide bonds. The summed E-state index contributed by atoms with van der Waals surface area (Å²) in [6.45, 7) is 0.892. The lowest BCUT2D eigenvalue weighted by molar-refractivity contribution is -0.128. The summed E-state index contributed by atoms with van der Waals surface area (Å²) < 4.78 is 5.11. The van der Waals surface area contributed by atoms with Gasteiger partial charge in [0.25, 0.3) is 5.91 Å². The Labute approximate surface area is 192 Å². The molecule has 1 aliphatic rings. The minimum atomic E-state index is -0.403. The number of hydrogen-bond acceptors (Lipinski definition) is 4. The lowest BCUT2D eigenvalue weighted by Gasteiger charge is -2.16. The summed E-state index contributed by atoms with van der Waals surface area (Å²) >= 11 is 0. The van der Waals surface area contributed by atoms with E-state index >= 15 is 0 Å². The number of likely N-dealkylation sites (tertiary alicyclic amines) is 1. The Morgan fingerprint density at radius 3 is 2.21 bits per heavy atom. The molecule has 0 spiro atoms. The second-order valence-electron chi connectivity index (χ2n) is 7.91. The minimum Gasteiger partial charge on any atom is -0.497 e. The number of anilines is 2. The van der Waals surface area contributed by atoms with E-state index in [0.29, 0.717) is 35.8 Å². The summed E-state index contributed by atoms with van der Waals surface area (Å²) in [6.07, 6.45) is 0.195. The molecule has 0 aromatic heterocycles. The van der Waals surface area contributed by atoms with Gasteiger partial charge in [0.05, 0.1) is 13.0 Å². The third-order valence-electron chi connectivity index (χ3n) is 5.56. The van der Waals surface area contributed by atoms with Crippen molar-refractivity contribution in [2.75, 3.05) is 24.3 Å². The molecule has 7 heteroatoms. The van der Waals surface area contributed by atoms with Gasteiger partial charge in [-0.2, -0.15) is 0 Å². The molecule has 1 heterocycles. The number of ether oxygens (including phenoxy) is 1. The van der Waals surface area contributed by atoms with Crippen molar-refractivity contribution in [2.45, 2.75) is 13.0 Å². The Morgan fingerprint density at radius 1 is 0.909 bits per heavy atom. The zero-order valence-corrected chi connectivity index (χ0v) is 18.3. The van der Waals surface area contributed by atoms with Crippen LogP contribution in [-0.2, 0) is 16.1 Å². The van der Waals surface area contributed by atoms with E-state index in [0.717, 1.165) is 5.56 Å². The maximum absolute atomic E-state index is 12.7. The molecule has 3 aromatic rings. The first-order valence-corrected chi connectivity index (χ1v) is 10.7. The van der Waals surface area contributed by atoms with Crippen molar-refractivity contribution in [2.24, 2.45) is 5.92 Å². The zero-order valence-electron chi connectivity index (χ0n) is 18.3. The van der Waals surface area contributed by atoms with Gasteiger partial charge >= 0.3 is 0 Å². The molecule has 1 saturated heterocycles. The topological polar surface area (TPSA) is 87.7 Å². The quantitative estimate of drug-likeness (QED) is 0.579. The van der Waals surface area contributed by atoms with Gasteiger partial charge in [-0.25, -0.2) is 0 Å². The molecule has 3 aromatic carbocycles. The van der Waals surface area contributed by atoms with Crippen molar-refractivity contribution >= 4 is 29.1 Å². The normalized spacial score (nSPS) is 15.2. The highest BCUT2D eigenvalue weighted by Gasteiger charge is 2.34. The van der Waals surface area contributed by atoms with Crippen molar-refractivity contribution in [3.63, 3.8) is 0 Å². The van der Waals surface area contributed by atoms with E-state index in [9.17, 15) is 14.4 Å². The molecule has 4 rings (SSSR count). The lowest BCUT2D eigenvalue weighted by atomic mass is 10.1. The molecule has 7 nitrogen and oxygen atoms in total. The monoisotopic (exact) mass is 443 g/mol. The van der Waals surface area contributed by atoms with Crippen molar-refractivity contribution in [3.8, 4) is 5.75 Å². The van der Waals surface area contributed by atoms with E-state index in [1.54, 1.807) is 60.5 Å². The first-order chi connectivity index (χ1) is 16.0. The van der Waals surface area contributed by atoms with Crippen molar-refractivity contribution in [3.05, 3.63) is 90.0 Å². The number of carbonyl (C=O) groups excluding carboxylic acids is 3. The van der Waals surface area contributed by atoms with Gasteiger partial charge in [-0.05, 0) is 54.1 Å². The van der Waals surface area contributed by atoms with Gasteiger partial charge in [-0.3, -0.25) is 14.4 Å². The summed E-state index contributed by atoms with van der Waals surface area (Å²) in [7, 11) is 1.58. The Hall–Kier alpha value is -4.13. The van der Waals surface area contributed by atoms with Gasteiger partial charge in [-0.15, -0.1) is 0 Å². The third-order valence-corrected chi connectivity index (χ3v) is 5.56. The van der Waals surface area contributed by atoms with E-state index in [1.807, 2.05) is 30.3 Å². The van der Waals surface area contributed by atoms with Crippen LogP contribution < -0.4 is 15.4 Å². The Morgan fingerprint density at radius 2 is 1.55 bits per heavy atom. The standard InChI is InChI=1S/C26H25N3O4/c1-33-23-13-11-22(12-14-23)27-25(31)19-7-9-21(10-8-19)28-26(32)20-15-24(30)29(17-20)16-18-5-3-2-4-6-18/h2-14,20H,15-17H2,1H3,(H,27,31)(H,28,32). The first-order valence-electron chi connectivity index (χ1n) is 10.7. The van der Waals surface area contributed by atoms with E-state index in [4.69, 9.17) is 4.74 Å². The number of carbonyl (C=O) groups is 3. The van der Waals surface area contributed by atoms with E-state index in [1.165, 1.54) is 0 Å². The molecule has 0 bridgehead atoms. The summed E-state index contributed by atoms with van der Waals surface area (Å²) in [5.74, 6) is -0.172. The van der Waals surface area contributed by atoms with Crippen LogP contribution in [0.3, 0.4) is 0 Å². The molecule has 0 saturated carbocycles. The maximum atomic E-state index is 12.7. The predicted molar refractivity (Wildman–Crippen MR) is 126 cm³/mol. The zero-order chi connectivity index (χ0) is 23.2. The van der Waals surface area contributed by atoms with Crippen LogP contribution in [0.5, 0.6) is 5.75 Å². The Balaban J connectivity index is 1.31. The molecule has 33 heavy (non-hydrogen) atoms. The fourth-order valence-electron chi connectivity index (χ4n) is 3.73.